The number of fused-ring (bicyclic) bond motifs is 2. The molecular formula is C27H20Cl2N2O3. The zero-order chi connectivity index (χ0) is 23.7. The molecule has 1 N–H and O–H groups in total. The minimum Gasteiger partial charge on any atom is -0.454 e. The standard InChI is InChI=1S/C27H20Cl2N2O3/c28-20-11-10-16(14-21(20)29)13-17-5-3-7-19-25(18-6-1-2-8-22(18)31-26(17)19)27(33)34-15-24(32)23-9-4-12-30-23/h1-2,4,6,8-14,30H,3,5,7,15H2. The average molecular weight is 491 g/mol. The Balaban J connectivity index is 1.56. The number of hydrogen-bond acceptors (Lipinski definition) is 4. The van der Waals surface area contributed by atoms with Crippen LogP contribution in [0.25, 0.3) is 22.6 Å². The number of esters is 1. The molecule has 0 amide bonds. The topological polar surface area (TPSA) is 72.1 Å². The van der Waals surface area contributed by atoms with Gasteiger partial charge in [-0.05, 0) is 72.4 Å². The van der Waals surface area contributed by atoms with Gasteiger partial charge in [-0.15, -0.1) is 0 Å². The molecule has 2 heterocycles. The SMILES string of the molecule is O=C(COC(=O)c1c2c(nc3ccccc13)C(=Cc1ccc(Cl)c(Cl)c1)CCC2)c1ccc[nH]1. The maximum Gasteiger partial charge on any atom is 0.339 e. The first-order valence-electron chi connectivity index (χ1n) is 10.9. The molecule has 0 radical (unpaired) electrons. The first-order chi connectivity index (χ1) is 16.5. The number of Topliss-reactive ketones (excluding diaryl/α,β-unsaturated/α-hetero) is 1. The summed E-state index contributed by atoms with van der Waals surface area (Å²) in [5, 5.41) is 1.69. The third kappa shape index (κ3) is 4.37. The molecule has 34 heavy (non-hydrogen) atoms. The predicted octanol–water partition coefficient (Wildman–Crippen LogP) is 6.79. The minimum absolute atomic E-state index is 0.286. The number of aromatic nitrogens is 2. The minimum atomic E-state index is -0.523. The van der Waals surface area contributed by atoms with E-state index in [0.29, 0.717) is 38.6 Å². The van der Waals surface area contributed by atoms with Gasteiger partial charge < -0.3 is 9.72 Å². The van der Waals surface area contributed by atoms with Crippen LogP contribution in [0.3, 0.4) is 0 Å². The average Bonchev–Trinajstić information content (AvgIpc) is 3.39. The summed E-state index contributed by atoms with van der Waals surface area (Å²) >= 11 is 12.3. The summed E-state index contributed by atoms with van der Waals surface area (Å²) in [7, 11) is 0. The fourth-order valence-electron chi connectivity index (χ4n) is 4.30. The maximum atomic E-state index is 13.3. The number of benzene rings is 2. The lowest BCUT2D eigenvalue weighted by Gasteiger charge is -2.22. The fraction of sp³-hybridized carbons (Fsp3) is 0.148. The predicted molar refractivity (Wildman–Crippen MR) is 134 cm³/mol. The number of rotatable bonds is 5. The third-order valence-electron chi connectivity index (χ3n) is 5.89. The van der Waals surface area contributed by atoms with Gasteiger partial charge in [-0.1, -0.05) is 47.5 Å². The molecule has 2 aromatic carbocycles. The van der Waals surface area contributed by atoms with Gasteiger partial charge in [0.05, 0.1) is 32.5 Å². The van der Waals surface area contributed by atoms with Gasteiger partial charge in [0.2, 0.25) is 5.78 Å². The number of pyridine rings is 1. The van der Waals surface area contributed by atoms with Crippen molar-refractivity contribution in [1.82, 2.24) is 9.97 Å². The highest BCUT2D eigenvalue weighted by atomic mass is 35.5. The molecule has 5 rings (SSSR count). The number of carbonyl (C=O) groups is 2. The van der Waals surface area contributed by atoms with E-state index in [0.717, 1.165) is 35.2 Å². The molecule has 0 fully saturated rings. The maximum absolute atomic E-state index is 13.3. The lowest BCUT2D eigenvalue weighted by atomic mass is 9.86. The van der Waals surface area contributed by atoms with Crippen LogP contribution >= 0.6 is 23.2 Å². The van der Waals surface area contributed by atoms with Crippen LogP contribution in [0, 0.1) is 0 Å². The number of carbonyl (C=O) groups excluding carboxylic acids is 2. The highest BCUT2D eigenvalue weighted by Crippen LogP contribution is 2.37. The van der Waals surface area contributed by atoms with Crippen molar-refractivity contribution in [3.63, 3.8) is 0 Å². The Morgan fingerprint density at radius 3 is 2.68 bits per heavy atom. The highest BCUT2D eigenvalue weighted by molar-refractivity contribution is 6.42. The summed E-state index contributed by atoms with van der Waals surface area (Å²) in [6, 6.07) is 16.3. The van der Waals surface area contributed by atoms with E-state index in [4.69, 9.17) is 32.9 Å². The van der Waals surface area contributed by atoms with Crippen molar-refractivity contribution in [3.8, 4) is 0 Å². The Bertz CT molecular complexity index is 1440. The molecule has 1 aliphatic carbocycles. The van der Waals surface area contributed by atoms with Crippen molar-refractivity contribution in [2.24, 2.45) is 0 Å². The van der Waals surface area contributed by atoms with Crippen LogP contribution in [-0.4, -0.2) is 28.3 Å². The second kappa shape index (κ2) is 9.45. The Morgan fingerprint density at radius 1 is 1.03 bits per heavy atom. The second-order valence-electron chi connectivity index (χ2n) is 8.11. The van der Waals surface area contributed by atoms with Gasteiger partial charge in [0.1, 0.15) is 0 Å². The van der Waals surface area contributed by atoms with E-state index < -0.39 is 5.97 Å². The monoisotopic (exact) mass is 490 g/mol. The summed E-state index contributed by atoms with van der Waals surface area (Å²) in [6.07, 6.45) is 6.07. The highest BCUT2D eigenvalue weighted by Gasteiger charge is 2.26. The summed E-state index contributed by atoms with van der Waals surface area (Å²) in [5.41, 5.74) is 5.12. The Kier molecular flexibility index (Phi) is 6.22. The smallest absolute Gasteiger partial charge is 0.339 e. The zero-order valence-corrected chi connectivity index (χ0v) is 19.6. The summed E-state index contributed by atoms with van der Waals surface area (Å²) in [5.74, 6) is -0.809. The molecule has 0 unspecified atom stereocenters. The molecule has 0 bridgehead atoms. The van der Waals surface area contributed by atoms with Crippen molar-refractivity contribution in [2.75, 3.05) is 6.61 Å². The number of halogens is 2. The summed E-state index contributed by atoms with van der Waals surface area (Å²) in [4.78, 5) is 33.4. The van der Waals surface area contributed by atoms with Crippen molar-refractivity contribution in [3.05, 3.63) is 98.9 Å². The first kappa shape index (κ1) is 22.4. The molecule has 0 spiro atoms. The zero-order valence-electron chi connectivity index (χ0n) is 18.1. The number of ketones is 1. The van der Waals surface area contributed by atoms with E-state index in [9.17, 15) is 9.59 Å². The molecule has 1 aliphatic rings. The van der Waals surface area contributed by atoms with E-state index in [2.05, 4.69) is 4.98 Å². The van der Waals surface area contributed by atoms with Gasteiger partial charge >= 0.3 is 5.97 Å². The van der Waals surface area contributed by atoms with Crippen LogP contribution in [0.15, 0.2) is 60.8 Å². The molecule has 0 saturated carbocycles. The van der Waals surface area contributed by atoms with Crippen LogP contribution in [0.4, 0.5) is 0 Å². The number of para-hydroxylation sites is 1. The van der Waals surface area contributed by atoms with Crippen LogP contribution < -0.4 is 0 Å². The molecular weight excluding hydrogens is 471 g/mol. The lowest BCUT2D eigenvalue weighted by molar-refractivity contribution is 0.0474. The Labute approximate surface area is 206 Å². The lowest BCUT2D eigenvalue weighted by Crippen LogP contribution is -2.18. The number of nitrogens with one attached hydrogen (secondary N) is 1. The largest absolute Gasteiger partial charge is 0.454 e. The van der Waals surface area contributed by atoms with Crippen molar-refractivity contribution in [1.29, 1.82) is 0 Å². The Morgan fingerprint density at radius 2 is 1.88 bits per heavy atom. The van der Waals surface area contributed by atoms with Gasteiger partial charge in [-0.2, -0.15) is 0 Å². The molecule has 7 heteroatoms. The van der Waals surface area contributed by atoms with Gasteiger partial charge in [-0.25, -0.2) is 9.78 Å². The van der Waals surface area contributed by atoms with E-state index in [1.54, 1.807) is 24.4 Å². The first-order valence-corrected chi connectivity index (χ1v) is 11.7. The summed E-state index contributed by atoms with van der Waals surface area (Å²) < 4.78 is 5.48. The van der Waals surface area contributed by atoms with Crippen LogP contribution in [0.2, 0.25) is 10.0 Å². The van der Waals surface area contributed by atoms with Gasteiger partial charge in [0.15, 0.2) is 6.61 Å². The number of H-pyrrole nitrogens is 1. The fourth-order valence-corrected chi connectivity index (χ4v) is 4.60. The number of ether oxygens (including phenoxy) is 1. The van der Waals surface area contributed by atoms with E-state index in [1.165, 1.54) is 0 Å². The normalized spacial score (nSPS) is 14.2. The van der Waals surface area contributed by atoms with E-state index >= 15 is 0 Å². The number of nitrogens with zero attached hydrogens (tertiary/aromatic N) is 1. The third-order valence-corrected chi connectivity index (χ3v) is 6.63. The number of allylic oxidation sites excluding steroid dienone is 1. The van der Waals surface area contributed by atoms with Crippen molar-refractivity contribution < 1.29 is 14.3 Å². The number of hydrogen-bond donors (Lipinski definition) is 1. The van der Waals surface area contributed by atoms with Gasteiger partial charge in [0, 0.05) is 11.6 Å². The summed E-state index contributed by atoms with van der Waals surface area (Å²) in [6.45, 7) is -0.337. The molecule has 2 aromatic heterocycles. The van der Waals surface area contributed by atoms with Crippen LogP contribution in [0.5, 0.6) is 0 Å². The molecule has 5 nitrogen and oxygen atoms in total. The van der Waals surface area contributed by atoms with Gasteiger partial charge in [0.25, 0.3) is 0 Å². The van der Waals surface area contributed by atoms with Crippen molar-refractivity contribution in [2.45, 2.75) is 19.3 Å². The molecule has 0 aliphatic heterocycles. The quantitative estimate of drug-likeness (QED) is 0.247. The molecule has 0 saturated heterocycles. The molecule has 0 atom stereocenters. The number of aromatic amines is 1. The van der Waals surface area contributed by atoms with E-state index in [1.807, 2.05) is 42.5 Å². The van der Waals surface area contributed by atoms with Crippen LogP contribution in [-0.2, 0) is 11.2 Å². The Hall–Kier alpha value is -3.41. The van der Waals surface area contributed by atoms with Crippen molar-refractivity contribution >= 4 is 57.5 Å². The van der Waals surface area contributed by atoms with Gasteiger partial charge in [-0.3, -0.25) is 4.79 Å². The molecule has 170 valence electrons. The second-order valence-corrected chi connectivity index (χ2v) is 8.93. The van der Waals surface area contributed by atoms with E-state index in [-0.39, 0.29) is 12.4 Å². The molecule has 4 aromatic rings. The van der Waals surface area contributed by atoms with Crippen LogP contribution in [0.1, 0.15) is 50.5 Å².